The molecule has 4 aliphatic rings. The van der Waals surface area contributed by atoms with E-state index in [0.29, 0.717) is 52.1 Å². The number of thioether (sulfide) groups is 1. The molecule has 37 heavy (non-hydrogen) atoms. The van der Waals surface area contributed by atoms with Crippen molar-refractivity contribution in [1.82, 2.24) is 14.7 Å². The van der Waals surface area contributed by atoms with Crippen LogP contribution in [0.2, 0.25) is 0 Å². The summed E-state index contributed by atoms with van der Waals surface area (Å²) in [5.74, 6) is -1.64. The Bertz CT molecular complexity index is 858. The van der Waals surface area contributed by atoms with E-state index >= 15 is 0 Å². The van der Waals surface area contributed by atoms with Crippen molar-refractivity contribution in [3.63, 3.8) is 0 Å². The van der Waals surface area contributed by atoms with Gasteiger partial charge in [0.15, 0.2) is 0 Å². The molecule has 4 rings (SSSR count). The second-order valence-electron chi connectivity index (χ2n) is 10.3. The van der Waals surface area contributed by atoms with Crippen molar-refractivity contribution in [2.24, 2.45) is 11.8 Å². The van der Waals surface area contributed by atoms with Crippen LogP contribution in [0.4, 0.5) is 0 Å². The van der Waals surface area contributed by atoms with Crippen LogP contribution >= 0.6 is 27.7 Å². The lowest BCUT2D eigenvalue weighted by molar-refractivity contribution is -0.153. The van der Waals surface area contributed by atoms with E-state index in [1.807, 2.05) is 4.90 Å². The first kappa shape index (κ1) is 28.9. The van der Waals surface area contributed by atoms with Gasteiger partial charge in [0, 0.05) is 56.0 Å². The van der Waals surface area contributed by atoms with Gasteiger partial charge in [0.2, 0.25) is 11.8 Å². The summed E-state index contributed by atoms with van der Waals surface area (Å²) in [4.78, 5) is 47.3. The lowest BCUT2D eigenvalue weighted by Crippen LogP contribution is -2.56. The van der Waals surface area contributed by atoms with Crippen molar-refractivity contribution in [2.45, 2.75) is 53.5 Å². The lowest BCUT2D eigenvalue weighted by Gasteiger charge is -2.38. The number of amides is 2. The first-order chi connectivity index (χ1) is 17.9. The van der Waals surface area contributed by atoms with Crippen LogP contribution in [0, 0.1) is 11.8 Å². The molecule has 9 nitrogen and oxygen atoms in total. The summed E-state index contributed by atoms with van der Waals surface area (Å²) >= 11 is 5.42. The summed E-state index contributed by atoms with van der Waals surface area (Å²) in [5.41, 5.74) is 0. The number of hydrogen-bond acceptors (Lipinski definition) is 8. The normalized spacial score (nSPS) is 33.0. The SMILES string of the molecule is C=CCN(CCN1CCOCC1)C(=O)C1N(CCCCCO)C(=O)[C@@H]2[C@H](C(=O)OCC)[C@H]3SC12CC3Br. The van der Waals surface area contributed by atoms with E-state index in [1.165, 1.54) is 0 Å². The highest BCUT2D eigenvalue weighted by Crippen LogP contribution is 2.68. The van der Waals surface area contributed by atoms with E-state index in [1.54, 1.807) is 29.7 Å². The second kappa shape index (κ2) is 12.8. The summed E-state index contributed by atoms with van der Waals surface area (Å²) in [6, 6.07) is -0.641. The Kier molecular flexibility index (Phi) is 9.99. The van der Waals surface area contributed by atoms with Gasteiger partial charge in [0.1, 0.15) is 6.04 Å². The van der Waals surface area contributed by atoms with Gasteiger partial charge < -0.3 is 24.4 Å². The molecule has 4 heterocycles. The Morgan fingerprint density at radius 3 is 2.73 bits per heavy atom. The first-order valence-corrected chi connectivity index (χ1v) is 15.3. The molecule has 0 aromatic heterocycles. The fourth-order valence-electron chi connectivity index (χ4n) is 6.44. The van der Waals surface area contributed by atoms with Crippen LogP contribution in [0.15, 0.2) is 12.7 Å². The molecular formula is C26H40BrN3O6S. The third kappa shape index (κ3) is 5.62. The summed E-state index contributed by atoms with van der Waals surface area (Å²) in [5, 5.41) is 9.12. The smallest absolute Gasteiger partial charge is 0.310 e. The summed E-state index contributed by atoms with van der Waals surface area (Å²) in [6.07, 6.45) is 4.52. The van der Waals surface area contributed by atoms with E-state index in [-0.39, 0.29) is 41.1 Å². The van der Waals surface area contributed by atoms with Gasteiger partial charge in [0.25, 0.3) is 0 Å². The van der Waals surface area contributed by atoms with Crippen molar-refractivity contribution in [3.05, 3.63) is 12.7 Å². The molecule has 3 unspecified atom stereocenters. The number of carbonyl (C=O) groups excluding carboxylic acids is 3. The molecule has 6 atom stereocenters. The number of morpholine rings is 1. The Labute approximate surface area is 232 Å². The standard InChI is InChI=1S/C26H40BrN3O6S/c1-3-8-29(11-10-28-12-15-35-16-13-28)24(33)22-26-17-18(27)21(37-26)19(25(34)36-4-2)20(26)23(32)30(22)9-6-5-7-14-31/h3,18-22,31H,1,4-17H2,2H3/t18?,19-,20-,21-,22?,26?/m0/s1. The quantitative estimate of drug-likeness (QED) is 0.147. The molecule has 2 amide bonds. The minimum absolute atomic E-state index is 0.0294. The number of carbonyl (C=O) groups is 3. The maximum absolute atomic E-state index is 14.3. The molecule has 0 saturated carbocycles. The van der Waals surface area contributed by atoms with Crippen LogP contribution in [0.1, 0.15) is 32.6 Å². The number of hydrogen-bond donors (Lipinski definition) is 1. The minimum Gasteiger partial charge on any atom is -0.466 e. The number of halogens is 1. The topological polar surface area (TPSA) is 99.6 Å². The van der Waals surface area contributed by atoms with Crippen molar-refractivity contribution in [1.29, 1.82) is 0 Å². The fourth-order valence-corrected chi connectivity index (χ4v) is 10.0. The van der Waals surface area contributed by atoms with Crippen LogP contribution in [0.5, 0.6) is 0 Å². The second-order valence-corrected chi connectivity index (χ2v) is 13.0. The van der Waals surface area contributed by atoms with Gasteiger partial charge in [-0.1, -0.05) is 22.0 Å². The van der Waals surface area contributed by atoms with Crippen LogP contribution in [-0.2, 0) is 23.9 Å². The van der Waals surface area contributed by atoms with Crippen molar-refractivity contribution in [3.8, 4) is 0 Å². The highest BCUT2D eigenvalue weighted by molar-refractivity contribution is 9.09. The third-order valence-electron chi connectivity index (χ3n) is 8.09. The number of rotatable bonds is 13. The molecule has 4 saturated heterocycles. The molecular weight excluding hydrogens is 562 g/mol. The first-order valence-electron chi connectivity index (χ1n) is 13.5. The molecule has 4 aliphatic heterocycles. The number of esters is 1. The maximum atomic E-state index is 14.3. The summed E-state index contributed by atoms with van der Waals surface area (Å²) in [7, 11) is 0. The molecule has 2 bridgehead atoms. The number of aliphatic hydroxyl groups excluding tert-OH is 1. The highest BCUT2D eigenvalue weighted by atomic mass is 79.9. The largest absolute Gasteiger partial charge is 0.466 e. The Balaban J connectivity index is 1.62. The molecule has 0 radical (unpaired) electrons. The zero-order valence-electron chi connectivity index (χ0n) is 21.7. The molecule has 1 spiro atoms. The van der Waals surface area contributed by atoms with Gasteiger partial charge in [0.05, 0.1) is 36.4 Å². The Hall–Kier alpha value is -1.14. The maximum Gasteiger partial charge on any atom is 0.310 e. The van der Waals surface area contributed by atoms with E-state index in [2.05, 4.69) is 27.4 Å². The van der Waals surface area contributed by atoms with Crippen molar-refractivity contribution in [2.75, 3.05) is 65.7 Å². The fraction of sp³-hybridized carbons (Fsp3) is 0.808. The molecule has 208 valence electrons. The van der Waals surface area contributed by atoms with Crippen molar-refractivity contribution >= 4 is 45.5 Å². The predicted molar refractivity (Wildman–Crippen MR) is 146 cm³/mol. The molecule has 0 aromatic carbocycles. The van der Waals surface area contributed by atoms with E-state index in [0.717, 1.165) is 26.1 Å². The van der Waals surface area contributed by atoms with Gasteiger partial charge in [-0.25, -0.2) is 0 Å². The van der Waals surface area contributed by atoms with Crippen LogP contribution < -0.4 is 0 Å². The predicted octanol–water partition coefficient (Wildman–Crippen LogP) is 1.52. The lowest BCUT2D eigenvalue weighted by atomic mass is 9.71. The number of unbranched alkanes of at least 4 members (excludes halogenated alkanes) is 2. The van der Waals surface area contributed by atoms with Gasteiger partial charge >= 0.3 is 5.97 Å². The Morgan fingerprint density at radius 1 is 1.30 bits per heavy atom. The summed E-state index contributed by atoms with van der Waals surface area (Å²) in [6.45, 7) is 11.2. The van der Waals surface area contributed by atoms with E-state index in [4.69, 9.17) is 9.47 Å². The molecule has 1 N–H and O–H groups in total. The zero-order chi connectivity index (χ0) is 26.6. The number of fused-ring (bicyclic) bond motifs is 1. The van der Waals surface area contributed by atoms with Gasteiger partial charge in [-0.15, -0.1) is 18.3 Å². The molecule has 0 aliphatic carbocycles. The summed E-state index contributed by atoms with van der Waals surface area (Å²) < 4.78 is 10.2. The third-order valence-corrected chi connectivity index (χ3v) is 11.3. The zero-order valence-corrected chi connectivity index (χ0v) is 24.1. The number of nitrogens with zero attached hydrogens (tertiary/aromatic N) is 3. The molecule has 4 fully saturated rings. The van der Waals surface area contributed by atoms with E-state index in [9.17, 15) is 19.5 Å². The van der Waals surface area contributed by atoms with Crippen molar-refractivity contribution < 1.29 is 29.0 Å². The molecule has 11 heteroatoms. The minimum atomic E-state index is -0.667. The van der Waals surface area contributed by atoms with Crippen LogP contribution in [0.3, 0.4) is 0 Å². The molecule has 0 aromatic rings. The van der Waals surface area contributed by atoms with E-state index < -0.39 is 22.6 Å². The number of ether oxygens (including phenoxy) is 2. The van der Waals surface area contributed by atoms with Gasteiger partial charge in [-0.2, -0.15) is 0 Å². The van der Waals surface area contributed by atoms with Gasteiger partial charge in [-0.3, -0.25) is 19.3 Å². The average molecular weight is 603 g/mol. The number of alkyl halides is 1. The Morgan fingerprint density at radius 2 is 2.05 bits per heavy atom. The van der Waals surface area contributed by atoms with Gasteiger partial charge in [-0.05, 0) is 32.6 Å². The number of aliphatic hydroxyl groups is 1. The van der Waals surface area contributed by atoms with Crippen LogP contribution in [-0.4, -0.2) is 124 Å². The van der Waals surface area contributed by atoms with Crippen LogP contribution in [0.25, 0.3) is 0 Å². The average Bonchev–Trinajstić information content (AvgIpc) is 3.48. The highest BCUT2D eigenvalue weighted by Gasteiger charge is 2.76. The monoisotopic (exact) mass is 601 g/mol. The number of likely N-dealkylation sites (tertiary alicyclic amines) is 1.